The standard InChI is InChI=1S/C13H10N4O2S/c18-17(19)12-2-1-11(10-7-14-4-3-9(10)12)16-8-13-15-5-6-20-13/h1-7,16H,8H2. The summed E-state index contributed by atoms with van der Waals surface area (Å²) >= 11 is 1.56. The van der Waals surface area contributed by atoms with E-state index in [1.54, 1.807) is 42.1 Å². The average molecular weight is 286 g/mol. The first-order valence-corrected chi connectivity index (χ1v) is 6.77. The second kappa shape index (κ2) is 5.22. The van der Waals surface area contributed by atoms with Crippen molar-refractivity contribution in [1.29, 1.82) is 0 Å². The van der Waals surface area contributed by atoms with Gasteiger partial charge >= 0.3 is 0 Å². The molecule has 6 nitrogen and oxygen atoms in total. The molecule has 0 fully saturated rings. The number of non-ortho nitro benzene ring substituents is 1. The van der Waals surface area contributed by atoms with Crippen LogP contribution in [0.4, 0.5) is 11.4 Å². The Morgan fingerprint density at radius 3 is 2.90 bits per heavy atom. The number of nitro groups is 1. The van der Waals surface area contributed by atoms with Crippen molar-refractivity contribution < 1.29 is 4.92 Å². The van der Waals surface area contributed by atoms with Gasteiger partial charge in [0.05, 0.1) is 16.9 Å². The summed E-state index contributed by atoms with van der Waals surface area (Å²) in [4.78, 5) is 18.9. The summed E-state index contributed by atoms with van der Waals surface area (Å²) in [6.45, 7) is 0.583. The van der Waals surface area contributed by atoms with E-state index < -0.39 is 0 Å². The molecule has 3 aromatic rings. The maximum absolute atomic E-state index is 11.0. The molecule has 0 aliphatic carbocycles. The van der Waals surface area contributed by atoms with Crippen molar-refractivity contribution in [2.45, 2.75) is 6.54 Å². The molecule has 0 aliphatic rings. The predicted molar refractivity (Wildman–Crippen MR) is 77.8 cm³/mol. The number of hydrogen-bond acceptors (Lipinski definition) is 6. The SMILES string of the molecule is O=[N+]([O-])c1ccc(NCc2nccs2)c2cnccc12. The summed E-state index contributed by atoms with van der Waals surface area (Å²) in [5.74, 6) is 0. The fourth-order valence-electron chi connectivity index (χ4n) is 2.00. The van der Waals surface area contributed by atoms with Crippen molar-refractivity contribution >= 4 is 33.5 Å². The minimum Gasteiger partial charge on any atom is -0.378 e. The van der Waals surface area contributed by atoms with Crippen molar-refractivity contribution in [3.05, 3.63) is 57.3 Å². The lowest BCUT2D eigenvalue weighted by Gasteiger charge is -2.08. The highest BCUT2D eigenvalue weighted by Gasteiger charge is 2.14. The highest BCUT2D eigenvalue weighted by molar-refractivity contribution is 7.09. The number of thiazole rings is 1. The minimum absolute atomic E-state index is 0.0854. The minimum atomic E-state index is -0.382. The molecule has 2 heterocycles. The van der Waals surface area contributed by atoms with Gasteiger partial charge in [-0.1, -0.05) is 0 Å². The molecule has 100 valence electrons. The number of aromatic nitrogens is 2. The molecule has 7 heteroatoms. The normalized spacial score (nSPS) is 10.6. The Hall–Kier alpha value is -2.54. The van der Waals surface area contributed by atoms with Gasteiger partial charge in [0.25, 0.3) is 5.69 Å². The van der Waals surface area contributed by atoms with Gasteiger partial charge in [-0.25, -0.2) is 4.98 Å². The quantitative estimate of drug-likeness (QED) is 0.588. The lowest BCUT2D eigenvalue weighted by atomic mass is 10.1. The monoisotopic (exact) mass is 286 g/mol. The van der Waals surface area contributed by atoms with Gasteiger partial charge in [-0.2, -0.15) is 0 Å². The first-order valence-electron chi connectivity index (χ1n) is 5.89. The molecular weight excluding hydrogens is 276 g/mol. The van der Waals surface area contributed by atoms with E-state index in [2.05, 4.69) is 15.3 Å². The average Bonchev–Trinajstić information content (AvgIpc) is 2.97. The highest BCUT2D eigenvalue weighted by atomic mass is 32.1. The topological polar surface area (TPSA) is 81.0 Å². The molecule has 0 unspecified atom stereocenters. The molecule has 0 radical (unpaired) electrons. The third-order valence-electron chi connectivity index (χ3n) is 2.91. The van der Waals surface area contributed by atoms with Crippen LogP contribution in [0.25, 0.3) is 10.8 Å². The summed E-state index contributed by atoms with van der Waals surface area (Å²) in [7, 11) is 0. The van der Waals surface area contributed by atoms with Crippen LogP contribution in [0.2, 0.25) is 0 Å². The fourth-order valence-corrected chi connectivity index (χ4v) is 2.55. The summed E-state index contributed by atoms with van der Waals surface area (Å²) in [5.41, 5.74) is 0.899. The molecule has 0 saturated carbocycles. The molecule has 2 aromatic heterocycles. The molecule has 0 saturated heterocycles. The van der Waals surface area contributed by atoms with Crippen LogP contribution in [0.5, 0.6) is 0 Å². The van der Waals surface area contributed by atoms with Crippen LogP contribution >= 0.6 is 11.3 Å². The molecule has 0 atom stereocenters. The number of nitrogens with zero attached hydrogens (tertiary/aromatic N) is 3. The van der Waals surface area contributed by atoms with Gasteiger partial charge in [-0.05, 0) is 12.1 Å². The molecule has 0 amide bonds. The molecule has 3 rings (SSSR count). The Labute approximate surface area is 118 Å². The number of hydrogen-bond donors (Lipinski definition) is 1. The summed E-state index contributed by atoms with van der Waals surface area (Å²) in [6, 6.07) is 4.87. The molecule has 0 spiro atoms. The smallest absolute Gasteiger partial charge is 0.277 e. The first-order chi connectivity index (χ1) is 9.75. The van der Waals surface area contributed by atoms with Crippen LogP contribution in [-0.4, -0.2) is 14.9 Å². The molecular formula is C13H10N4O2S. The van der Waals surface area contributed by atoms with Gasteiger partial charge in [0.2, 0.25) is 0 Å². The van der Waals surface area contributed by atoms with E-state index in [9.17, 15) is 10.1 Å². The predicted octanol–water partition coefficient (Wildman–Crippen LogP) is 3.21. The fraction of sp³-hybridized carbons (Fsp3) is 0.0769. The van der Waals surface area contributed by atoms with Crippen LogP contribution in [0.3, 0.4) is 0 Å². The molecule has 0 aliphatic heterocycles. The van der Waals surface area contributed by atoms with Crippen LogP contribution in [0.1, 0.15) is 5.01 Å². The van der Waals surface area contributed by atoms with Gasteiger partial charge in [-0.3, -0.25) is 15.1 Å². The zero-order valence-electron chi connectivity index (χ0n) is 10.3. The van der Waals surface area contributed by atoms with E-state index in [0.29, 0.717) is 11.9 Å². The van der Waals surface area contributed by atoms with E-state index in [0.717, 1.165) is 16.1 Å². The molecule has 0 bridgehead atoms. The Bertz CT molecular complexity index is 758. The van der Waals surface area contributed by atoms with Gasteiger partial charge in [0.1, 0.15) is 5.01 Å². The Morgan fingerprint density at radius 1 is 1.25 bits per heavy atom. The summed E-state index contributed by atoms with van der Waals surface area (Å²) in [5, 5.41) is 18.4. The van der Waals surface area contributed by atoms with Crippen molar-refractivity contribution in [1.82, 2.24) is 9.97 Å². The van der Waals surface area contributed by atoms with Gasteiger partial charge in [0, 0.05) is 41.1 Å². The summed E-state index contributed by atoms with van der Waals surface area (Å²) < 4.78 is 0. The van der Waals surface area contributed by atoms with Gasteiger partial charge in [0.15, 0.2) is 0 Å². The van der Waals surface area contributed by atoms with E-state index in [4.69, 9.17) is 0 Å². The summed E-state index contributed by atoms with van der Waals surface area (Å²) in [6.07, 6.45) is 4.93. The van der Waals surface area contributed by atoms with Crippen molar-refractivity contribution in [2.24, 2.45) is 0 Å². The van der Waals surface area contributed by atoms with E-state index in [1.807, 2.05) is 5.38 Å². The third kappa shape index (κ3) is 2.30. The van der Waals surface area contributed by atoms with Crippen LogP contribution in [0.15, 0.2) is 42.2 Å². The maximum Gasteiger partial charge on any atom is 0.277 e. The van der Waals surface area contributed by atoms with E-state index in [-0.39, 0.29) is 10.6 Å². The zero-order chi connectivity index (χ0) is 13.9. The second-order valence-corrected chi connectivity index (χ2v) is 5.07. The number of nitrogens with one attached hydrogen (secondary N) is 1. The number of benzene rings is 1. The lowest BCUT2D eigenvalue weighted by Crippen LogP contribution is -2.00. The van der Waals surface area contributed by atoms with Crippen molar-refractivity contribution in [3.8, 4) is 0 Å². The molecule has 20 heavy (non-hydrogen) atoms. The Morgan fingerprint density at radius 2 is 2.15 bits per heavy atom. The first kappa shape index (κ1) is 12.5. The number of rotatable bonds is 4. The largest absolute Gasteiger partial charge is 0.378 e. The molecule has 1 N–H and O–H groups in total. The number of pyridine rings is 1. The van der Waals surface area contributed by atoms with Gasteiger partial charge in [-0.15, -0.1) is 11.3 Å². The van der Waals surface area contributed by atoms with Crippen molar-refractivity contribution in [2.75, 3.05) is 5.32 Å². The van der Waals surface area contributed by atoms with E-state index in [1.165, 1.54) is 6.07 Å². The van der Waals surface area contributed by atoms with Crippen molar-refractivity contribution in [3.63, 3.8) is 0 Å². The molecule has 1 aromatic carbocycles. The van der Waals surface area contributed by atoms with Crippen LogP contribution in [-0.2, 0) is 6.54 Å². The van der Waals surface area contributed by atoms with E-state index >= 15 is 0 Å². The highest BCUT2D eigenvalue weighted by Crippen LogP contribution is 2.30. The second-order valence-electron chi connectivity index (χ2n) is 4.09. The number of anilines is 1. The Balaban J connectivity index is 1.99. The van der Waals surface area contributed by atoms with Gasteiger partial charge < -0.3 is 5.32 Å². The maximum atomic E-state index is 11.0. The number of fused-ring (bicyclic) bond motifs is 1. The Kier molecular flexibility index (Phi) is 3.26. The zero-order valence-corrected chi connectivity index (χ0v) is 11.1. The number of nitro benzene ring substituents is 1. The third-order valence-corrected chi connectivity index (χ3v) is 3.68. The van der Waals surface area contributed by atoms with Crippen LogP contribution < -0.4 is 5.32 Å². The van der Waals surface area contributed by atoms with Crippen LogP contribution in [0, 0.1) is 10.1 Å². The lowest BCUT2D eigenvalue weighted by molar-refractivity contribution is -0.383.